The van der Waals surface area contributed by atoms with E-state index in [1.165, 1.54) is 16.7 Å². The molecule has 0 saturated heterocycles. The van der Waals surface area contributed by atoms with E-state index in [1.807, 2.05) is 37.3 Å². The summed E-state index contributed by atoms with van der Waals surface area (Å²) in [5.41, 5.74) is 3.60. The van der Waals surface area contributed by atoms with Gasteiger partial charge in [0.1, 0.15) is 10.6 Å². The van der Waals surface area contributed by atoms with Crippen molar-refractivity contribution < 1.29 is 14.4 Å². The van der Waals surface area contributed by atoms with Crippen molar-refractivity contribution in [3.63, 3.8) is 0 Å². The third-order valence-electron chi connectivity index (χ3n) is 5.82. The highest BCUT2D eigenvalue weighted by atomic mass is 35.5. The number of nitrogens with zero attached hydrogens (tertiary/aromatic N) is 1. The molecule has 8 heteroatoms. The fraction of sp³-hybridized carbons (Fsp3) is 0.0333. The fourth-order valence-corrected chi connectivity index (χ4v) is 4.89. The lowest BCUT2D eigenvalue weighted by molar-refractivity contribution is -0.120. The smallest absolute Gasteiger partial charge is 0.283 e. The second-order valence-electron chi connectivity index (χ2n) is 8.56. The summed E-state index contributed by atoms with van der Waals surface area (Å²) in [4.78, 5) is 41.6. The van der Waals surface area contributed by atoms with Crippen molar-refractivity contribution in [3.8, 4) is 0 Å². The number of para-hydroxylation sites is 1. The lowest BCUT2D eigenvalue weighted by Crippen LogP contribution is -2.32. The van der Waals surface area contributed by atoms with Gasteiger partial charge in [-0.05, 0) is 79.7 Å². The van der Waals surface area contributed by atoms with E-state index in [4.69, 9.17) is 11.6 Å². The monoisotopic (exact) mass is 539 g/mol. The van der Waals surface area contributed by atoms with Gasteiger partial charge < -0.3 is 10.6 Å². The summed E-state index contributed by atoms with van der Waals surface area (Å²) in [7, 11) is 0. The van der Waals surface area contributed by atoms with E-state index in [9.17, 15) is 14.4 Å². The Balaban J connectivity index is 1.39. The van der Waals surface area contributed by atoms with E-state index in [-0.39, 0.29) is 16.5 Å². The molecule has 0 unspecified atom stereocenters. The minimum atomic E-state index is -0.420. The Morgan fingerprint density at radius 2 is 1.39 bits per heavy atom. The number of benzene rings is 4. The van der Waals surface area contributed by atoms with Crippen LogP contribution in [0.1, 0.15) is 15.9 Å². The first kappa shape index (κ1) is 25.3. The highest BCUT2D eigenvalue weighted by Gasteiger charge is 2.40. The molecule has 4 aromatic rings. The Morgan fingerprint density at radius 1 is 0.763 bits per heavy atom. The molecule has 0 aromatic heterocycles. The number of imide groups is 1. The van der Waals surface area contributed by atoms with Gasteiger partial charge in [-0.15, -0.1) is 0 Å². The summed E-state index contributed by atoms with van der Waals surface area (Å²) in [5.74, 6) is -1.08. The number of carbonyl (C=O) groups is 3. The Bertz CT molecular complexity index is 1530. The Hall–Kier alpha value is -4.33. The normalized spacial score (nSPS) is 13.2. The maximum atomic E-state index is 13.5. The van der Waals surface area contributed by atoms with E-state index in [2.05, 4.69) is 10.6 Å². The molecule has 0 bridgehead atoms. The molecule has 188 valence electrons. The highest BCUT2D eigenvalue weighted by Crippen LogP contribution is 2.38. The zero-order valence-corrected chi connectivity index (χ0v) is 21.8. The molecule has 0 aliphatic carbocycles. The van der Waals surface area contributed by atoms with Crippen LogP contribution >= 0.6 is 23.4 Å². The molecule has 3 amide bonds. The van der Waals surface area contributed by atoms with E-state index >= 15 is 0 Å². The Morgan fingerprint density at radius 3 is 2.05 bits per heavy atom. The standard InChI is InChI=1S/C30H22ClN3O3S/c1-19-7-13-22(14-8-19)32-26-27(30(37)34(29(26)36)24-5-3-2-4-6-24)38-25-17-15-23(16-18-25)33-28(35)20-9-11-21(31)12-10-20/h2-18,32H,1H3,(H,33,35). The Labute approximate surface area is 229 Å². The molecule has 0 atom stereocenters. The van der Waals surface area contributed by atoms with Crippen LogP contribution in [0.25, 0.3) is 0 Å². The SMILES string of the molecule is Cc1ccc(NC2=C(Sc3ccc(NC(=O)c4ccc(Cl)cc4)cc3)C(=O)N(c3ccccc3)C2=O)cc1. The first-order chi connectivity index (χ1) is 18.4. The van der Waals surface area contributed by atoms with E-state index in [0.29, 0.717) is 27.6 Å². The van der Waals surface area contributed by atoms with Gasteiger partial charge in [0.05, 0.1) is 5.69 Å². The van der Waals surface area contributed by atoms with Gasteiger partial charge in [0.2, 0.25) is 0 Å². The summed E-state index contributed by atoms with van der Waals surface area (Å²) in [6, 6.07) is 30.2. The number of nitrogens with one attached hydrogen (secondary N) is 2. The lowest BCUT2D eigenvalue weighted by Gasteiger charge is -2.15. The molecule has 0 spiro atoms. The molecule has 0 fully saturated rings. The quantitative estimate of drug-likeness (QED) is 0.250. The molecule has 4 aromatic carbocycles. The zero-order chi connectivity index (χ0) is 26.6. The van der Waals surface area contributed by atoms with Crippen LogP contribution in [0.3, 0.4) is 0 Å². The molecular formula is C30H22ClN3O3S. The maximum Gasteiger partial charge on any atom is 0.283 e. The van der Waals surface area contributed by atoms with Gasteiger partial charge in [0.25, 0.3) is 17.7 Å². The fourth-order valence-electron chi connectivity index (χ4n) is 3.84. The van der Waals surface area contributed by atoms with Crippen LogP contribution in [0.4, 0.5) is 17.1 Å². The van der Waals surface area contributed by atoms with Gasteiger partial charge in [0.15, 0.2) is 0 Å². The van der Waals surface area contributed by atoms with Crippen molar-refractivity contribution in [2.45, 2.75) is 11.8 Å². The summed E-state index contributed by atoms with van der Waals surface area (Å²) < 4.78 is 0. The first-order valence-corrected chi connectivity index (χ1v) is 12.9. The van der Waals surface area contributed by atoms with E-state index in [0.717, 1.165) is 10.5 Å². The summed E-state index contributed by atoms with van der Waals surface area (Å²) in [6.45, 7) is 1.98. The molecule has 38 heavy (non-hydrogen) atoms. The highest BCUT2D eigenvalue weighted by molar-refractivity contribution is 8.04. The van der Waals surface area contributed by atoms with Gasteiger partial charge in [-0.3, -0.25) is 14.4 Å². The minimum Gasteiger partial charge on any atom is -0.350 e. The molecule has 1 aliphatic heterocycles. The number of rotatable bonds is 7. The van der Waals surface area contributed by atoms with Crippen molar-refractivity contribution in [2.24, 2.45) is 0 Å². The van der Waals surface area contributed by atoms with Crippen LogP contribution in [-0.2, 0) is 9.59 Å². The third kappa shape index (κ3) is 5.49. The summed E-state index contributed by atoms with van der Waals surface area (Å²) in [6.07, 6.45) is 0. The maximum absolute atomic E-state index is 13.5. The third-order valence-corrected chi connectivity index (χ3v) is 7.16. The summed E-state index contributed by atoms with van der Waals surface area (Å²) in [5, 5.41) is 6.56. The Kier molecular flexibility index (Phi) is 7.31. The zero-order valence-electron chi connectivity index (χ0n) is 20.3. The number of aryl methyl sites for hydroxylation is 1. The van der Waals surface area contributed by atoms with Crippen LogP contribution in [-0.4, -0.2) is 17.7 Å². The number of thioether (sulfide) groups is 1. The number of anilines is 3. The van der Waals surface area contributed by atoms with Crippen molar-refractivity contribution in [1.82, 2.24) is 0 Å². The van der Waals surface area contributed by atoms with Gasteiger partial charge in [-0.2, -0.15) is 0 Å². The van der Waals surface area contributed by atoms with Crippen LogP contribution in [0.2, 0.25) is 5.02 Å². The van der Waals surface area contributed by atoms with Crippen molar-refractivity contribution >= 4 is 58.1 Å². The molecule has 0 saturated carbocycles. The van der Waals surface area contributed by atoms with Crippen LogP contribution < -0.4 is 15.5 Å². The number of halogens is 1. The molecule has 6 nitrogen and oxygen atoms in total. The van der Waals surface area contributed by atoms with Gasteiger partial charge in [-0.1, -0.05) is 59.3 Å². The largest absolute Gasteiger partial charge is 0.350 e. The van der Waals surface area contributed by atoms with Gasteiger partial charge in [-0.25, -0.2) is 4.90 Å². The molecule has 2 N–H and O–H groups in total. The van der Waals surface area contributed by atoms with Crippen LogP contribution in [0, 0.1) is 6.92 Å². The minimum absolute atomic E-state index is 0.216. The average Bonchev–Trinajstić information content (AvgIpc) is 3.15. The molecule has 0 radical (unpaired) electrons. The van der Waals surface area contributed by atoms with Crippen LogP contribution in [0.15, 0.2) is 119 Å². The predicted molar refractivity (Wildman–Crippen MR) is 152 cm³/mol. The van der Waals surface area contributed by atoms with Gasteiger partial charge in [0, 0.05) is 26.9 Å². The molecular weight excluding hydrogens is 518 g/mol. The number of carbonyl (C=O) groups excluding carboxylic acids is 3. The summed E-state index contributed by atoms with van der Waals surface area (Å²) >= 11 is 7.09. The number of hydrogen-bond donors (Lipinski definition) is 2. The topological polar surface area (TPSA) is 78.5 Å². The molecule has 1 heterocycles. The van der Waals surface area contributed by atoms with Gasteiger partial charge >= 0.3 is 0 Å². The second-order valence-corrected chi connectivity index (χ2v) is 10.1. The molecule has 5 rings (SSSR count). The van der Waals surface area contributed by atoms with Crippen LogP contribution in [0.5, 0.6) is 0 Å². The van der Waals surface area contributed by atoms with E-state index < -0.39 is 11.8 Å². The number of hydrogen-bond acceptors (Lipinski definition) is 5. The van der Waals surface area contributed by atoms with Crippen molar-refractivity contribution in [2.75, 3.05) is 15.5 Å². The average molecular weight is 540 g/mol. The second kappa shape index (κ2) is 11.0. The number of amides is 3. The lowest BCUT2D eigenvalue weighted by atomic mass is 10.2. The first-order valence-electron chi connectivity index (χ1n) is 11.8. The molecule has 1 aliphatic rings. The van der Waals surface area contributed by atoms with Crippen molar-refractivity contribution in [3.05, 3.63) is 130 Å². The predicted octanol–water partition coefficient (Wildman–Crippen LogP) is 6.89. The van der Waals surface area contributed by atoms with Crippen molar-refractivity contribution in [1.29, 1.82) is 0 Å². The van der Waals surface area contributed by atoms with E-state index in [1.54, 1.807) is 72.8 Å².